The molecule has 0 bridgehead atoms. The van der Waals surface area contributed by atoms with E-state index in [0.29, 0.717) is 24.2 Å². The molecule has 138 valence electrons. The fourth-order valence-electron chi connectivity index (χ4n) is 3.71. The van der Waals surface area contributed by atoms with Crippen molar-refractivity contribution in [3.8, 4) is 0 Å². The summed E-state index contributed by atoms with van der Waals surface area (Å²) in [5, 5.41) is 0.797. The van der Waals surface area contributed by atoms with Crippen LogP contribution in [0.25, 0.3) is 10.9 Å². The van der Waals surface area contributed by atoms with Crippen molar-refractivity contribution in [1.82, 2.24) is 14.9 Å². The zero-order valence-electron chi connectivity index (χ0n) is 14.8. The van der Waals surface area contributed by atoms with Gasteiger partial charge in [0.25, 0.3) is 5.56 Å². The van der Waals surface area contributed by atoms with E-state index >= 15 is 0 Å². The number of nitrogens with one attached hydrogen (secondary N) is 1. The number of fused-ring (bicyclic) bond motifs is 1. The molecule has 3 aromatic rings. The normalized spacial score (nSPS) is 17.2. The maximum absolute atomic E-state index is 13.8. The van der Waals surface area contributed by atoms with Crippen LogP contribution in [0.3, 0.4) is 0 Å². The third-order valence-electron chi connectivity index (χ3n) is 5.14. The van der Waals surface area contributed by atoms with Gasteiger partial charge >= 0.3 is 0 Å². The number of carbonyl (C=O) groups excluding carboxylic acids is 1. The first kappa shape index (κ1) is 17.4. The first-order valence-electron chi connectivity index (χ1n) is 9.11. The molecule has 1 fully saturated rings. The van der Waals surface area contributed by atoms with Gasteiger partial charge in [0.2, 0.25) is 5.91 Å². The Kier molecular flexibility index (Phi) is 4.71. The van der Waals surface area contributed by atoms with E-state index < -0.39 is 0 Å². The molecule has 1 saturated heterocycles. The van der Waals surface area contributed by atoms with E-state index in [2.05, 4.69) is 9.97 Å². The van der Waals surface area contributed by atoms with Gasteiger partial charge in [0.05, 0.1) is 6.42 Å². The highest BCUT2D eigenvalue weighted by Crippen LogP contribution is 2.27. The number of carbonyl (C=O) groups is 1. The third-order valence-corrected chi connectivity index (χ3v) is 5.14. The van der Waals surface area contributed by atoms with Crippen molar-refractivity contribution >= 4 is 16.8 Å². The molecule has 2 aromatic heterocycles. The highest BCUT2D eigenvalue weighted by Gasteiger charge is 2.26. The molecule has 1 N–H and O–H groups in total. The van der Waals surface area contributed by atoms with E-state index in [9.17, 15) is 14.0 Å². The van der Waals surface area contributed by atoms with Crippen LogP contribution >= 0.6 is 0 Å². The second-order valence-corrected chi connectivity index (χ2v) is 6.94. The van der Waals surface area contributed by atoms with Gasteiger partial charge in [-0.25, -0.2) is 4.39 Å². The Bertz CT molecular complexity index is 1050. The Hall–Kier alpha value is -3.02. The summed E-state index contributed by atoms with van der Waals surface area (Å²) in [6.45, 7) is 1.18. The highest BCUT2D eigenvalue weighted by atomic mass is 19.1. The second kappa shape index (κ2) is 7.31. The van der Waals surface area contributed by atoms with Crippen molar-refractivity contribution in [2.45, 2.75) is 25.2 Å². The van der Waals surface area contributed by atoms with E-state index in [0.717, 1.165) is 23.9 Å². The van der Waals surface area contributed by atoms with Crippen LogP contribution in [0.15, 0.2) is 53.5 Å². The van der Waals surface area contributed by atoms with E-state index in [4.69, 9.17) is 0 Å². The number of benzene rings is 1. The maximum atomic E-state index is 13.8. The number of hydrogen-bond donors (Lipinski definition) is 1. The number of rotatable bonds is 3. The van der Waals surface area contributed by atoms with Gasteiger partial charge in [0, 0.05) is 36.3 Å². The fraction of sp³-hybridized carbons (Fsp3) is 0.286. The lowest BCUT2D eigenvalue weighted by Gasteiger charge is -2.33. The van der Waals surface area contributed by atoms with Crippen LogP contribution in [0.2, 0.25) is 0 Å². The molecule has 1 unspecified atom stereocenters. The second-order valence-electron chi connectivity index (χ2n) is 6.94. The van der Waals surface area contributed by atoms with Crippen molar-refractivity contribution in [1.29, 1.82) is 0 Å². The number of hydrogen-bond acceptors (Lipinski definition) is 3. The summed E-state index contributed by atoms with van der Waals surface area (Å²) in [4.78, 5) is 33.8. The van der Waals surface area contributed by atoms with Crippen molar-refractivity contribution in [3.05, 3.63) is 76.1 Å². The zero-order valence-corrected chi connectivity index (χ0v) is 14.8. The molecular weight excluding hydrogens is 345 g/mol. The van der Waals surface area contributed by atoms with Crippen LogP contribution in [-0.4, -0.2) is 33.9 Å². The van der Waals surface area contributed by atoms with Crippen molar-refractivity contribution in [2.24, 2.45) is 0 Å². The Morgan fingerprint density at radius 1 is 1.26 bits per heavy atom. The predicted molar refractivity (Wildman–Crippen MR) is 101 cm³/mol. The average molecular weight is 365 g/mol. The van der Waals surface area contributed by atoms with Gasteiger partial charge in [-0.15, -0.1) is 0 Å². The van der Waals surface area contributed by atoms with E-state index in [1.807, 2.05) is 12.1 Å². The summed E-state index contributed by atoms with van der Waals surface area (Å²) >= 11 is 0. The molecular formula is C21H20FN3O2. The summed E-state index contributed by atoms with van der Waals surface area (Å²) in [5.41, 5.74) is 1.45. The number of pyridine rings is 2. The molecule has 27 heavy (non-hydrogen) atoms. The Balaban J connectivity index is 1.54. The highest BCUT2D eigenvalue weighted by molar-refractivity contribution is 5.79. The number of likely N-dealkylation sites (tertiary alicyclic amines) is 1. The first-order chi connectivity index (χ1) is 13.1. The van der Waals surface area contributed by atoms with Gasteiger partial charge in [0.1, 0.15) is 11.3 Å². The lowest BCUT2D eigenvalue weighted by Crippen LogP contribution is -2.40. The molecule has 1 aliphatic rings. The fourth-order valence-corrected chi connectivity index (χ4v) is 3.71. The molecule has 1 aliphatic heterocycles. The Morgan fingerprint density at radius 3 is 2.96 bits per heavy atom. The van der Waals surface area contributed by atoms with Gasteiger partial charge in [-0.2, -0.15) is 0 Å². The Labute approximate surface area is 155 Å². The van der Waals surface area contributed by atoms with Gasteiger partial charge in [-0.05, 0) is 36.6 Å². The quantitative estimate of drug-likeness (QED) is 0.776. The van der Waals surface area contributed by atoms with Crippen LogP contribution in [0.5, 0.6) is 0 Å². The minimum atomic E-state index is -0.356. The van der Waals surface area contributed by atoms with Gasteiger partial charge in [0.15, 0.2) is 0 Å². The molecule has 1 atom stereocenters. The number of halogens is 1. The molecule has 3 heterocycles. The Morgan fingerprint density at radius 2 is 2.11 bits per heavy atom. The lowest BCUT2D eigenvalue weighted by atomic mass is 9.93. The molecule has 5 nitrogen and oxygen atoms in total. The van der Waals surface area contributed by atoms with Crippen LogP contribution in [-0.2, 0) is 11.2 Å². The number of nitrogens with zero attached hydrogens (tertiary/aromatic N) is 2. The standard InChI is InChI=1S/C21H20FN3O2/c22-17-8-2-1-5-14(17)12-19(26)25-10-4-7-16(13-25)18-11-15-6-3-9-23-20(15)21(27)24-18/h1-3,5-6,8-9,11,16H,4,7,10,12-13H2,(H,24,27). The van der Waals surface area contributed by atoms with E-state index in [1.54, 1.807) is 35.4 Å². The molecule has 6 heteroatoms. The zero-order chi connectivity index (χ0) is 18.8. The predicted octanol–water partition coefficient (Wildman–Crippen LogP) is 3.01. The molecule has 0 radical (unpaired) electrons. The lowest BCUT2D eigenvalue weighted by molar-refractivity contribution is -0.131. The molecule has 0 aliphatic carbocycles. The minimum Gasteiger partial charge on any atom is -0.342 e. The largest absolute Gasteiger partial charge is 0.342 e. The monoisotopic (exact) mass is 365 g/mol. The van der Waals surface area contributed by atoms with Crippen LogP contribution in [0, 0.1) is 5.82 Å². The van der Waals surface area contributed by atoms with Crippen molar-refractivity contribution in [2.75, 3.05) is 13.1 Å². The first-order valence-corrected chi connectivity index (χ1v) is 9.11. The van der Waals surface area contributed by atoms with Crippen molar-refractivity contribution < 1.29 is 9.18 Å². The van der Waals surface area contributed by atoms with Gasteiger partial charge < -0.3 is 9.88 Å². The van der Waals surface area contributed by atoms with Crippen LogP contribution in [0.1, 0.15) is 30.0 Å². The summed E-state index contributed by atoms with van der Waals surface area (Å²) < 4.78 is 13.8. The molecule has 4 rings (SSSR count). The average Bonchev–Trinajstić information content (AvgIpc) is 2.70. The van der Waals surface area contributed by atoms with Gasteiger partial charge in [-0.1, -0.05) is 24.3 Å². The molecule has 1 aromatic carbocycles. The number of amides is 1. The maximum Gasteiger partial charge on any atom is 0.274 e. The minimum absolute atomic E-state index is 0.0531. The van der Waals surface area contributed by atoms with Crippen LogP contribution in [0.4, 0.5) is 4.39 Å². The van der Waals surface area contributed by atoms with E-state index in [-0.39, 0.29) is 29.6 Å². The summed E-state index contributed by atoms with van der Waals surface area (Å²) in [6.07, 6.45) is 3.39. The third kappa shape index (κ3) is 3.60. The van der Waals surface area contributed by atoms with Crippen LogP contribution < -0.4 is 5.56 Å². The van der Waals surface area contributed by atoms with Gasteiger partial charge in [-0.3, -0.25) is 14.6 Å². The van der Waals surface area contributed by atoms with Crippen molar-refractivity contribution in [3.63, 3.8) is 0 Å². The SMILES string of the molecule is O=C(Cc1ccccc1F)N1CCCC(c2cc3cccnc3c(=O)[nH]2)C1. The number of aromatic nitrogens is 2. The number of aromatic amines is 1. The summed E-state index contributed by atoms with van der Waals surface area (Å²) in [7, 11) is 0. The molecule has 0 saturated carbocycles. The smallest absolute Gasteiger partial charge is 0.274 e. The summed E-state index contributed by atoms with van der Waals surface area (Å²) in [5.74, 6) is -0.388. The number of H-pyrrole nitrogens is 1. The topological polar surface area (TPSA) is 66.1 Å². The van der Waals surface area contributed by atoms with E-state index in [1.165, 1.54) is 6.07 Å². The molecule has 0 spiro atoms. The summed E-state index contributed by atoms with van der Waals surface area (Å²) in [6, 6.07) is 12.0. The molecule has 1 amide bonds. The number of piperidine rings is 1.